The SMILES string of the molecule is COCC(N)c1ccncc1O. The molecule has 0 aromatic carbocycles. The van der Waals surface area contributed by atoms with Crippen molar-refractivity contribution in [1.29, 1.82) is 0 Å². The normalized spacial score (nSPS) is 12.8. The zero-order chi connectivity index (χ0) is 8.97. The van der Waals surface area contributed by atoms with Gasteiger partial charge in [-0.25, -0.2) is 0 Å². The van der Waals surface area contributed by atoms with Gasteiger partial charge in [0.05, 0.1) is 18.8 Å². The van der Waals surface area contributed by atoms with E-state index in [9.17, 15) is 5.11 Å². The summed E-state index contributed by atoms with van der Waals surface area (Å²) >= 11 is 0. The van der Waals surface area contributed by atoms with E-state index in [1.807, 2.05) is 0 Å². The number of rotatable bonds is 3. The van der Waals surface area contributed by atoms with Crippen molar-refractivity contribution in [3.05, 3.63) is 24.0 Å². The fourth-order valence-electron chi connectivity index (χ4n) is 0.980. The van der Waals surface area contributed by atoms with Crippen molar-refractivity contribution in [2.45, 2.75) is 6.04 Å². The number of pyridine rings is 1. The zero-order valence-corrected chi connectivity index (χ0v) is 6.90. The Hall–Kier alpha value is -1.13. The highest BCUT2D eigenvalue weighted by Gasteiger charge is 2.09. The molecule has 0 aliphatic rings. The van der Waals surface area contributed by atoms with Crippen LogP contribution in [0.25, 0.3) is 0 Å². The number of methoxy groups -OCH3 is 1. The molecule has 1 unspecified atom stereocenters. The van der Waals surface area contributed by atoms with Crippen molar-refractivity contribution >= 4 is 0 Å². The minimum absolute atomic E-state index is 0.113. The number of hydrogen-bond acceptors (Lipinski definition) is 4. The maximum absolute atomic E-state index is 9.31. The van der Waals surface area contributed by atoms with Crippen molar-refractivity contribution < 1.29 is 9.84 Å². The number of aromatic nitrogens is 1. The van der Waals surface area contributed by atoms with E-state index in [4.69, 9.17) is 10.5 Å². The Morgan fingerprint density at radius 1 is 1.75 bits per heavy atom. The topological polar surface area (TPSA) is 68.4 Å². The first kappa shape index (κ1) is 8.96. The third kappa shape index (κ3) is 1.93. The third-order valence-electron chi connectivity index (χ3n) is 1.58. The standard InChI is InChI=1S/C8H12N2O2/c1-12-5-7(9)6-2-3-10-4-8(6)11/h2-4,7,11H,5,9H2,1H3. The number of nitrogens with zero attached hydrogens (tertiary/aromatic N) is 1. The van der Waals surface area contributed by atoms with Gasteiger partial charge in [-0.1, -0.05) is 0 Å². The highest BCUT2D eigenvalue weighted by atomic mass is 16.5. The summed E-state index contributed by atoms with van der Waals surface area (Å²) in [6, 6.07) is 1.39. The Balaban J connectivity index is 2.79. The molecule has 1 rings (SSSR count). The molecule has 0 fully saturated rings. The van der Waals surface area contributed by atoms with Gasteiger partial charge in [-0.05, 0) is 6.07 Å². The molecule has 1 heterocycles. The molecular weight excluding hydrogens is 156 g/mol. The fourth-order valence-corrected chi connectivity index (χ4v) is 0.980. The van der Waals surface area contributed by atoms with E-state index in [-0.39, 0.29) is 11.8 Å². The van der Waals surface area contributed by atoms with E-state index in [1.165, 1.54) is 6.20 Å². The van der Waals surface area contributed by atoms with Crippen LogP contribution in [0.1, 0.15) is 11.6 Å². The summed E-state index contributed by atoms with van der Waals surface area (Å²) in [7, 11) is 1.57. The smallest absolute Gasteiger partial charge is 0.138 e. The second-order valence-electron chi connectivity index (χ2n) is 2.50. The van der Waals surface area contributed by atoms with Crippen LogP contribution in [-0.4, -0.2) is 23.8 Å². The predicted octanol–water partition coefficient (Wildman–Crippen LogP) is 0.433. The summed E-state index contributed by atoms with van der Waals surface area (Å²) < 4.78 is 4.86. The summed E-state index contributed by atoms with van der Waals surface area (Å²) in [6.07, 6.45) is 2.95. The van der Waals surface area contributed by atoms with Gasteiger partial charge in [0.1, 0.15) is 5.75 Å². The summed E-state index contributed by atoms with van der Waals surface area (Å²) in [5, 5.41) is 9.31. The summed E-state index contributed by atoms with van der Waals surface area (Å²) in [4.78, 5) is 3.74. The van der Waals surface area contributed by atoms with Gasteiger partial charge < -0.3 is 15.6 Å². The zero-order valence-electron chi connectivity index (χ0n) is 6.90. The first-order valence-corrected chi connectivity index (χ1v) is 3.63. The van der Waals surface area contributed by atoms with Crippen LogP contribution < -0.4 is 5.73 Å². The number of aromatic hydroxyl groups is 1. The Morgan fingerprint density at radius 3 is 3.08 bits per heavy atom. The first-order chi connectivity index (χ1) is 5.75. The van der Waals surface area contributed by atoms with Crippen LogP contribution in [0, 0.1) is 0 Å². The van der Waals surface area contributed by atoms with Crippen molar-refractivity contribution in [2.75, 3.05) is 13.7 Å². The molecular formula is C8H12N2O2. The maximum Gasteiger partial charge on any atom is 0.138 e. The average molecular weight is 168 g/mol. The third-order valence-corrected chi connectivity index (χ3v) is 1.58. The highest BCUT2D eigenvalue weighted by molar-refractivity contribution is 5.30. The largest absolute Gasteiger partial charge is 0.506 e. The Labute approximate surface area is 71.0 Å². The number of ether oxygens (including phenoxy) is 1. The lowest BCUT2D eigenvalue weighted by molar-refractivity contribution is 0.179. The molecule has 66 valence electrons. The lowest BCUT2D eigenvalue weighted by Gasteiger charge is -2.11. The molecule has 0 saturated heterocycles. The van der Waals surface area contributed by atoms with Crippen LogP contribution in [0.5, 0.6) is 5.75 Å². The van der Waals surface area contributed by atoms with Crippen LogP contribution >= 0.6 is 0 Å². The van der Waals surface area contributed by atoms with Gasteiger partial charge in [-0.15, -0.1) is 0 Å². The van der Waals surface area contributed by atoms with E-state index in [2.05, 4.69) is 4.98 Å². The molecule has 1 aromatic heterocycles. The predicted molar refractivity (Wildman–Crippen MR) is 44.7 cm³/mol. The van der Waals surface area contributed by atoms with Crippen LogP contribution in [0.2, 0.25) is 0 Å². The van der Waals surface area contributed by atoms with Gasteiger partial charge in [-0.3, -0.25) is 4.98 Å². The van der Waals surface area contributed by atoms with E-state index in [1.54, 1.807) is 19.4 Å². The van der Waals surface area contributed by atoms with Crippen LogP contribution in [0.4, 0.5) is 0 Å². The molecule has 0 saturated carbocycles. The number of nitrogens with two attached hydrogens (primary N) is 1. The number of hydrogen-bond donors (Lipinski definition) is 2. The molecule has 0 radical (unpaired) electrons. The second kappa shape index (κ2) is 4.04. The maximum atomic E-state index is 9.31. The summed E-state index contributed by atoms with van der Waals surface area (Å²) in [5.74, 6) is 0.113. The van der Waals surface area contributed by atoms with Gasteiger partial charge in [0.25, 0.3) is 0 Å². The summed E-state index contributed by atoms with van der Waals surface area (Å²) in [6.45, 7) is 0.386. The quantitative estimate of drug-likeness (QED) is 0.686. The first-order valence-electron chi connectivity index (χ1n) is 3.63. The van der Waals surface area contributed by atoms with Gasteiger partial charge in [0, 0.05) is 18.9 Å². The van der Waals surface area contributed by atoms with E-state index < -0.39 is 0 Å². The molecule has 0 aliphatic carbocycles. The van der Waals surface area contributed by atoms with Crippen LogP contribution in [0.3, 0.4) is 0 Å². The van der Waals surface area contributed by atoms with Gasteiger partial charge in [0.2, 0.25) is 0 Å². The minimum atomic E-state index is -0.294. The Kier molecular flexibility index (Phi) is 3.01. The molecule has 1 aromatic rings. The van der Waals surface area contributed by atoms with E-state index in [0.29, 0.717) is 12.2 Å². The van der Waals surface area contributed by atoms with Gasteiger partial charge in [-0.2, -0.15) is 0 Å². The fraction of sp³-hybridized carbons (Fsp3) is 0.375. The van der Waals surface area contributed by atoms with Gasteiger partial charge >= 0.3 is 0 Å². The molecule has 0 bridgehead atoms. The van der Waals surface area contributed by atoms with Crippen LogP contribution in [-0.2, 0) is 4.74 Å². The van der Waals surface area contributed by atoms with Crippen molar-refractivity contribution in [2.24, 2.45) is 5.73 Å². The molecule has 0 amide bonds. The lowest BCUT2D eigenvalue weighted by atomic mass is 10.1. The van der Waals surface area contributed by atoms with Crippen molar-refractivity contribution in [1.82, 2.24) is 4.98 Å². The van der Waals surface area contributed by atoms with E-state index >= 15 is 0 Å². The van der Waals surface area contributed by atoms with Crippen molar-refractivity contribution in [3.63, 3.8) is 0 Å². The van der Waals surface area contributed by atoms with Crippen LogP contribution in [0.15, 0.2) is 18.5 Å². The second-order valence-corrected chi connectivity index (χ2v) is 2.50. The molecule has 3 N–H and O–H groups in total. The monoisotopic (exact) mass is 168 g/mol. The Morgan fingerprint density at radius 2 is 2.50 bits per heavy atom. The molecule has 0 aliphatic heterocycles. The molecule has 1 atom stereocenters. The van der Waals surface area contributed by atoms with E-state index in [0.717, 1.165) is 0 Å². The van der Waals surface area contributed by atoms with Crippen molar-refractivity contribution in [3.8, 4) is 5.75 Å². The minimum Gasteiger partial charge on any atom is -0.506 e. The lowest BCUT2D eigenvalue weighted by Crippen LogP contribution is -2.16. The Bertz CT molecular complexity index is 253. The highest BCUT2D eigenvalue weighted by Crippen LogP contribution is 2.20. The summed E-state index contributed by atoms with van der Waals surface area (Å²) in [5.41, 5.74) is 6.35. The molecule has 0 spiro atoms. The molecule has 4 nitrogen and oxygen atoms in total. The molecule has 4 heteroatoms. The van der Waals surface area contributed by atoms with Gasteiger partial charge in [0.15, 0.2) is 0 Å². The molecule has 12 heavy (non-hydrogen) atoms. The average Bonchev–Trinajstić information content (AvgIpc) is 2.05.